The molecule has 1 aromatic rings. The lowest BCUT2D eigenvalue weighted by Crippen LogP contribution is -2.32. The minimum absolute atomic E-state index is 0.0819. The lowest BCUT2D eigenvalue weighted by Gasteiger charge is -2.28. The second kappa shape index (κ2) is 5.21. The van der Waals surface area contributed by atoms with E-state index in [-0.39, 0.29) is 5.38 Å². The number of alkyl halides is 1. The molecule has 98 valence electrons. The molecular weight excluding hydrogens is 268 g/mol. The Morgan fingerprint density at radius 3 is 2.94 bits per heavy atom. The van der Waals surface area contributed by atoms with Crippen LogP contribution in [0.2, 0.25) is 0 Å². The van der Waals surface area contributed by atoms with Crippen LogP contribution in [0.5, 0.6) is 0 Å². The van der Waals surface area contributed by atoms with E-state index < -0.39 is 0 Å². The van der Waals surface area contributed by atoms with Crippen molar-refractivity contribution < 1.29 is 0 Å². The third-order valence-corrected chi connectivity index (χ3v) is 4.67. The maximum absolute atomic E-state index is 6.48. The van der Waals surface area contributed by atoms with Gasteiger partial charge in [-0.3, -0.25) is 0 Å². The van der Waals surface area contributed by atoms with Gasteiger partial charge in [-0.25, -0.2) is 9.67 Å². The van der Waals surface area contributed by atoms with Crippen molar-refractivity contribution in [2.24, 2.45) is 10.9 Å². The van der Waals surface area contributed by atoms with Crippen molar-refractivity contribution >= 4 is 35.0 Å². The van der Waals surface area contributed by atoms with Crippen molar-refractivity contribution in [1.82, 2.24) is 14.8 Å². The second-order valence-corrected chi connectivity index (χ2v) is 6.22. The average Bonchev–Trinajstić information content (AvgIpc) is 2.77. The van der Waals surface area contributed by atoms with E-state index >= 15 is 0 Å². The fraction of sp³-hybridized carbons (Fsp3) is 0.750. The molecule has 2 unspecified atom stereocenters. The van der Waals surface area contributed by atoms with Crippen LogP contribution in [0.3, 0.4) is 0 Å². The lowest BCUT2D eigenvalue weighted by molar-refractivity contribution is 0.432. The van der Waals surface area contributed by atoms with Crippen molar-refractivity contribution in [2.75, 3.05) is 6.26 Å². The van der Waals surface area contributed by atoms with Crippen LogP contribution in [0.15, 0.2) is 10.1 Å². The number of fused-ring (bicyclic) bond motifs is 2. The van der Waals surface area contributed by atoms with Crippen LogP contribution in [0.1, 0.15) is 32.1 Å². The number of aromatic nitrogens is 3. The first-order valence-electron chi connectivity index (χ1n) is 6.49. The Morgan fingerprint density at radius 2 is 2.11 bits per heavy atom. The standard InChI is InChI=1S/C12H17ClN4S/c1-18-12-15-11-14-10-8(7-17(11)16-12)5-3-2-4-6-9(10)13/h8-9H,2-7H2,1H3. The van der Waals surface area contributed by atoms with Gasteiger partial charge in [0.1, 0.15) is 0 Å². The summed E-state index contributed by atoms with van der Waals surface area (Å²) >= 11 is 8.04. The number of nitrogens with zero attached hydrogens (tertiary/aromatic N) is 4. The van der Waals surface area contributed by atoms with Crippen LogP contribution in [-0.4, -0.2) is 32.1 Å². The van der Waals surface area contributed by atoms with Crippen molar-refractivity contribution in [2.45, 2.75) is 49.2 Å². The van der Waals surface area contributed by atoms with Gasteiger partial charge in [-0.1, -0.05) is 31.0 Å². The molecule has 0 bridgehead atoms. The number of hydrogen-bond acceptors (Lipinski definition) is 4. The molecule has 4 nitrogen and oxygen atoms in total. The highest BCUT2D eigenvalue weighted by molar-refractivity contribution is 7.98. The van der Waals surface area contributed by atoms with Gasteiger partial charge in [0.25, 0.3) is 0 Å². The molecule has 6 heteroatoms. The molecule has 3 rings (SSSR count). The van der Waals surface area contributed by atoms with E-state index in [0.29, 0.717) is 5.92 Å². The van der Waals surface area contributed by atoms with Crippen LogP contribution >= 0.6 is 23.4 Å². The van der Waals surface area contributed by atoms with E-state index in [0.717, 1.165) is 29.8 Å². The lowest BCUT2D eigenvalue weighted by atomic mass is 9.88. The summed E-state index contributed by atoms with van der Waals surface area (Å²) < 4.78 is 1.94. The second-order valence-electron chi connectivity index (χ2n) is 4.92. The van der Waals surface area contributed by atoms with E-state index in [2.05, 4.69) is 15.1 Å². The van der Waals surface area contributed by atoms with Gasteiger partial charge in [0.15, 0.2) is 0 Å². The van der Waals surface area contributed by atoms with Gasteiger partial charge >= 0.3 is 0 Å². The van der Waals surface area contributed by atoms with Gasteiger partial charge in [0, 0.05) is 11.6 Å². The van der Waals surface area contributed by atoms with Gasteiger partial charge in [-0.2, -0.15) is 4.98 Å². The molecular formula is C12H17ClN4S. The molecule has 0 aromatic carbocycles. The number of rotatable bonds is 1. The zero-order valence-electron chi connectivity index (χ0n) is 10.5. The average molecular weight is 285 g/mol. The van der Waals surface area contributed by atoms with E-state index in [1.807, 2.05) is 10.9 Å². The zero-order chi connectivity index (χ0) is 12.5. The SMILES string of the molecule is CSc1nc2n(n1)CC1CCCCCC(Cl)C1=N2. The first-order chi connectivity index (χ1) is 8.78. The van der Waals surface area contributed by atoms with Gasteiger partial charge in [-0.15, -0.1) is 16.7 Å². The molecule has 0 N–H and O–H groups in total. The molecule has 1 aromatic heterocycles. The Hall–Kier alpha value is -0.550. The summed E-state index contributed by atoms with van der Waals surface area (Å²) in [4.78, 5) is 9.10. The molecule has 2 aliphatic rings. The molecule has 1 aliphatic carbocycles. The molecule has 0 radical (unpaired) electrons. The number of thioether (sulfide) groups is 1. The number of hydrogen-bond donors (Lipinski definition) is 0. The highest BCUT2D eigenvalue weighted by atomic mass is 35.5. The van der Waals surface area contributed by atoms with Crippen LogP contribution in [0, 0.1) is 5.92 Å². The van der Waals surface area contributed by atoms with E-state index in [9.17, 15) is 0 Å². The fourth-order valence-electron chi connectivity index (χ4n) is 2.72. The zero-order valence-corrected chi connectivity index (χ0v) is 12.0. The maximum atomic E-state index is 6.48. The van der Waals surface area contributed by atoms with E-state index in [1.165, 1.54) is 25.7 Å². The smallest absolute Gasteiger partial charge is 0.228 e. The van der Waals surface area contributed by atoms with Gasteiger partial charge in [0.05, 0.1) is 11.9 Å². The maximum Gasteiger partial charge on any atom is 0.248 e. The predicted molar refractivity (Wildman–Crippen MR) is 75.1 cm³/mol. The van der Waals surface area contributed by atoms with Gasteiger partial charge in [0.2, 0.25) is 11.1 Å². The molecule has 1 fully saturated rings. The topological polar surface area (TPSA) is 43.1 Å². The third kappa shape index (κ3) is 2.30. The molecule has 0 spiro atoms. The summed E-state index contributed by atoms with van der Waals surface area (Å²) in [7, 11) is 0. The van der Waals surface area contributed by atoms with Crippen molar-refractivity contribution in [3.63, 3.8) is 0 Å². The summed E-state index contributed by atoms with van der Waals surface area (Å²) in [6.07, 6.45) is 7.97. The molecule has 0 amide bonds. The summed E-state index contributed by atoms with van der Waals surface area (Å²) in [6.45, 7) is 0.894. The number of halogens is 1. The Bertz CT molecular complexity index is 471. The Morgan fingerprint density at radius 1 is 1.28 bits per heavy atom. The largest absolute Gasteiger partial charge is 0.248 e. The normalized spacial score (nSPS) is 27.8. The van der Waals surface area contributed by atoms with Crippen LogP contribution in [0.4, 0.5) is 5.95 Å². The highest BCUT2D eigenvalue weighted by Gasteiger charge is 2.30. The summed E-state index contributed by atoms with van der Waals surface area (Å²) in [5, 5.41) is 5.34. The Labute approximate surface area is 116 Å². The fourth-order valence-corrected chi connectivity index (χ4v) is 3.45. The van der Waals surface area contributed by atoms with Crippen LogP contribution in [-0.2, 0) is 6.54 Å². The minimum atomic E-state index is 0.0819. The quantitative estimate of drug-likeness (QED) is 0.587. The molecule has 1 saturated carbocycles. The summed E-state index contributed by atoms with van der Waals surface area (Å²) in [6, 6.07) is 0. The first kappa shape index (κ1) is 12.5. The summed E-state index contributed by atoms with van der Waals surface area (Å²) in [5.74, 6) is 1.19. The predicted octanol–water partition coefficient (Wildman–Crippen LogP) is 3.27. The van der Waals surface area contributed by atoms with Gasteiger partial charge < -0.3 is 0 Å². The Balaban J connectivity index is 1.94. The molecule has 2 heterocycles. The minimum Gasteiger partial charge on any atom is -0.228 e. The van der Waals surface area contributed by atoms with Crippen molar-refractivity contribution in [3.05, 3.63) is 0 Å². The molecule has 18 heavy (non-hydrogen) atoms. The highest BCUT2D eigenvalue weighted by Crippen LogP contribution is 2.31. The number of aliphatic imine (C=N–C) groups is 1. The first-order valence-corrected chi connectivity index (χ1v) is 8.15. The van der Waals surface area contributed by atoms with E-state index in [4.69, 9.17) is 11.6 Å². The van der Waals surface area contributed by atoms with Crippen molar-refractivity contribution in [1.29, 1.82) is 0 Å². The van der Waals surface area contributed by atoms with Crippen molar-refractivity contribution in [3.8, 4) is 0 Å². The molecule has 0 saturated heterocycles. The molecule has 2 atom stereocenters. The van der Waals surface area contributed by atoms with Crippen LogP contribution < -0.4 is 0 Å². The van der Waals surface area contributed by atoms with Gasteiger partial charge in [-0.05, 0) is 19.1 Å². The van der Waals surface area contributed by atoms with Crippen LogP contribution in [0.25, 0.3) is 0 Å². The third-order valence-electron chi connectivity index (χ3n) is 3.69. The summed E-state index contributed by atoms with van der Waals surface area (Å²) in [5.41, 5.74) is 1.14. The van der Waals surface area contributed by atoms with E-state index in [1.54, 1.807) is 11.8 Å². The monoisotopic (exact) mass is 284 g/mol. The Kier molecular flexibility index (Phi) is 3.61. The molecule has 1 aliphatic heterocycles.